The van der Waals surface area contributed by atoms with Gasteiger partial charge in [-0.1, -0.05) is 31.5 Å². The van der Waals surface area contributed by atoms with Gasteiger partial charge in [0.05, 0.1) is 4.90 Å². The number of sulfonamides is 1. The predicted octanol–water partition coefficient (Wildman–Crippen LogP) is 3.25. The molecule has 0 amide bonds. The van der Waals surface area contributed by atoms with E-state index in [0.29, 0.717) is 0 Å². The van der Waals surface area contributed by atoms with Crippen molar-refractivity contribution in [1.29, 1.82) is 0 Å². The van der Waals surface area contributed by atoms with Crippen molar-refractivity contribution in [1.82, 2.24) is 4.72 Å². The summed E-state index contributed by atoms with van der Waals surface area (Å²) in [6, 6.07) is 9.92. The van der Waals surface area contributed by atoms with Crippen molar-refractivity contribution in [2.45, 2.75) is 38.1 Å². The van der Waals surface area contributed by atoms with Crippen LogP contribution >= 0.6 is 0 Å². The number of hydrogen-bond acceptors (Lipinski definition) is 5. The van der Waals surface area contributed by atoms with Gasteiger partial charge in [-0.05, 0) is 55.7 Å². The third kappa shape index (κ3) is 6.76. The Bertz CT molecular complexity index is 954. The molecule has 0 aliphatic carbocycles. The molecule has 0 aliphatic rings. The number of esters is 1. The Morgan fingerprint density at radius 3 is 2.17 bits per heavy atom. The van der Waals surface area contributed by atoms with Crippen molar-refractivity contribution < 1.29 is 27.1 Å². The highest BCUT2D eigenvalue weighted by molar-refractivity contribution is 7.89. The molecule has 0 spiro atoms. The van der Waals surface area contributed by atoms with E-state index in [1.54, 1.807) is 12.1 Å². The molecule has 1 unspecified atom stereocenters. The molecular formula is C21H24FNO5S. The fourth-order valence-electron chi connectivity index (χ4n) is 2.59. The van der Waals surface area contributed by atoms with Gasteiger partial charge in [-0.25, -0.2) is 12.8 Å². The molecule has 0 aromatic heterocycles. The van der Waals surface area contributed by atoms with Gasteiger partial charge in [-0.3, -0.25) is 9.59 Å². The molecule has 2 aromatic rings. The highest BCUT2D eigenvalue weighted by atomic mass is 32.2. The Kier molecular flexibility index (Phi) is 7.64. The first-order chi connectivity index (χ1) is 13.6. The molecule has 0 saturated heterocycles. The van der Waals surface area contributed by atoms with E-state index in [0.717, 1.165) is 17.7 Å². The molecular weight excluding hydrogens is 397 g/mol. The van der Waals surface area contributed by atoms with Gasteiger partial charge in [0.25, 0.3) is 0 Å². The Labute approximate surface area is 170 Å². The second kappa shape index (κ2) is 9.76. The van der Waals surface area contributed by atoms with Crippen LogP contribution in [0.25, 0.3) is 0 Å². The normalized spacial score (nSPS) is 12.6. The number of hydrogen-bond donors (Lipinski definition) is 1. The second-order valence-electron chi connectivity index (χ2n) is 7.15. The maximum atomic E-state index is 12.9. The van der Waals surface area contributed by atoms with Gasteiger partial charge < -0.3 is 4.74 Å². The summed E-state index contributed by atoms with van der Waals surface area (Å²) in [6.45, 7) is 4.94. The average Bonchev–Trinajstić information content (AvgIpc) is 2.65. The van der Waals surface area contributed by atoms with Crippen LogP contribution in [-0.4, -0.2) is 32.8 Å². The quantitative estimate of drug-likeness (QED) is 0.496. The molecule has 8 heteroatoms. The Morgan fingerprint density at radius 1 is 1.03 bits per heavy atom. The average molecular weight is 421 g/mol. The van der Waals surface area contributed by atoms with Gasteiger partial charge in [-0.2, -0.15) is 4.72 Å². The van der Waals surface area contributed by atoms with Crippen LogP contribution in [0.15, 0.2) is 53.4 Å². The van der Waals surface area contributed by atoms with Crippen LogP contribution in [0.4, 0.5) is 4.39 Å². The summed E-state index contributed by atoms with van der Waals surface area (Å²) < 4.78 is 45.6. The molecule has 1 atom stereocenters. The molecule has 0 fully saturated rings. The molecule has 0 radical (unpaired) electrons. The number of aryl methyl sites for hydroxylation is 1. The van der Waals surface area contributed by atoms with Gasteiger partial charge in [0.1, 0.15) is 11.9 Å². The number of nitrogens with one attached hydrogen (secondary N) is 1. The smallest absolute Gasteiger partial charge is 0.324 e. The topological polar surface area (TPSA) is 89.5 Å². The SMILES string of the molecule is Cc1ccc(S(=O)(=O)NC(CC(C)C)C(=O)OCC(=O)c2ccc(F)cc2)cc1. The molecule has 0 bridgehead atoms. The maximum absolute atomic E-state index is 12.9. The number of rotatable bonds is 9. The second-order valence-corrected chi connectivity index (χ2v) is 8.87. The number of ether oxygens (including phenoxy) is 1. The number of benzene rings is 2. The third-order valence-corrected chi connectivity index (χ3v) is 5.62. The highest BCUT2D eigenvalue weighted by Crippen LogP contribution is 2.14. The summed E-state index contributed by atoms with van der Waals surface area (Å²) in [5, 5.41) is 0. The minimum absolute atomic E-state index is 0.000989. The minimum Gasteiger partial charge on any atom is -0.456 e. The fraction of sp³-hybridized carbons (Fsp3) is 0.333. The lowest BCUT2D eigenvalue weighted by molar-refractivity contribution is -0.144. The van der Waals surface area contributed by atoms with Crippen molar-refractivity contribution in [2.24, 2.45) is 5.92 Å². The highest BCUT2D eigenvalue weighted by Gasteiger charge is 2.28. The van der Waals surface area contributed by atoms with Crippen LogP contribution < -0.4 is 4.72 Å². The van der Waals surface area contributed by atoms with Gasteiger partial charge in [0, 0.05) is 5.56 Å². The number of Topliss-reactive ketones (excluding diaryl/α,β-unsaturated/α-hetero) is 1. The first-order valence-corrected chi connectivity index (χ1v) is 10.6. The molecule has 29 heavy (non-hydrogen) atoms. The first-order valence-electron chi connectivity index (χ1n) is 9.13. The Balaban J connectivity index is 2.08. The molecule has 0 aliphatic heterocycles. The van der Waals surface area contributed by atoms with E-state index in [1.165, 1.54) is 24.3 Å². The summed E-state index contributed by atoms with van der Waals surface area (Å²) >= 11 is 0. The van der Waals surface area contributed by atoms with E-state index in [2.05, 4.69) is 4.72 Å². The number of carbonyl (C=O) groups excluding carboxylic acids is 2. The van der Waals surface area contributed by atoms with Crippen LogP contribution in [-0.2, 0) is 19.6 Å². The van der Waals surface area contributed by atoms with Crippen LogP contribution in [0, 0.1) is 18.7 Å². The zero-order valence-electron chi connectivity index (χ0n) is 16.5. The standard InChI is InChI=1S/C21H24FNO5S/c1-14(2)12-19(23-29(26,27)18-10-4-15(3)5-11-18)21(25)28-13-20(24)16-6-8-17(22)9-7-16/h4-11,14,19,23H,12-13H2,1-3H3. The monoisotopic (exact) mass is 421 g/mol. The van der Waals surface area contributed by atoms with Gasteiger partial charge >= 0.3 is 5.97 Å². The van der Waals surface area contributed by atoms with Gasteiger partial charge in [-0.15, -0.1) is 0 Å². The summed E-state index contributed by atoms with van der Waals surface area (Å²) in [4.78, 5) is 24.6. The largest absolute Gasteiger partial charge is 0.456 e. The van der Waals surface area contributed by atoms with E-state index < -0.39 is 40.2 Å². The molecule has 2 aromatic carbocycles. The lowest BCUT2D eigenvalue weighted by Crippen LogP contribution is -2.43. The summed E-state index contributed by atoms with van der Waals surface area (Å²) in [5.41, 5.74) is 1.10. The molecule has 1 N–H and O–H groups in total. The predicted molar refractivity (Wildman–Crippen MR) is 106 cm³/mol. The van der Waals surface area contributed by atoms with Crippen molar-refractivity contribution in [2.75, 3.05) is 6.61 Å². The van der Waals surface area contributed by atoms with E-state index >= 15 is 0 Å². The fourth-order valence-corrected chi connectivity index (χ4v) is 3.79. The van der Waals surface area contributed by atoms with Gasteiger partial charge in [0.15, 0.2) is 12.4 Å². The summed E-state index contributed by atoms with van der Waals surface area (Å²) in [6.07, 6.45) is 0.203. The first kappa shape index (κ1) is 22.7. The zero-order chi connectivity index (χ0) is 21.6. The Hall–Kier alpha value is -2.58. The summed E-state index contributed by atoms with van der Waals surface area (Å²) in [7, 11) is -3.94. The lowest BCUT2D eigenvalue weighted by atomic mass is 10.0. The van der Waals surface area contributed by atoms with Crippen molar-refractivity contribution in [3.63, 3.8) is 0 Å². The van der Waals surface area contributed by atoms with E-state index in [1.807, 2.05) is 20.8 Å². The molecule has 156 valence electrons. The van der Waals surface area contributed by atoms with Crippen LogP contribution in [0.5, 0.6) is 0 Å². The molecule has 0 heterocycles. The van der Waals surface area contributed by atoms with Crippen molar-refractivity contribution in [3.8, 4) is 0 Å². The lowest BCUT2D eigenvalue weighted by Gasteiger charge is -2.19. The van der Waals surface area contributed by atoms with E-state index in [4.69, 9.17) is 4.74 Å². The molecule has 2 rings (SSSR count). The number of ketones is 1. The molecule has 0 saturated carbocycles. The molecule has 6 nitrogen and oxygen atoms in total. The van der Waals surface area contributed by atoms with E-state index in [-0.39, 0.29) is 22.8 Å². The number of carbonyl (C=O) groups is 2. The zero-order valence-corrected chi connectivity index (χ0v) is 17.3. The van der Waals surface area contributed by atoms with Crippen molar-refractivity contribution in [3.05, 3.63) is 65.5 Å². The van der Waals surface area contributed by atoms with Crippen molar-refractivity contribution >= 4 is 21.8 Å². The summed E-state index contributed by atoms with van der Waals surface area (Å²) in [5.74, 6) is -1.84. The van der Waals surface area contributed by atoms with Crippen LogP contribution in [0.1, 0.15) is 36.2 Å². The van der Waals surface area contributed by atoms with E-state index in [9.17, 15) is 22.4 Å². The third-order valence-electron chi connectivity index (χ3n) is 4.13. The number of halogens is 1. The van der Waals surface area contributed by atoms with Crippen LogP contribution in [0.2, 0.25) is 0 Å². The van der Waals surface area contributed by atoms with Crippen LogP contribution in [0.3, 0.4) is 0 Å². The van der Waals surface area contributed by atoms with Gasteiger partial charge in [0.2, 0.25) is 10.0 Å². The maximum Gasteiger partial charge on any atom is 0.324 e. The minimum atomic E-state index is -3.94. The Morgan fingerprint density at radius 2 is 1.62 bits per heavy atom.